The Labute approximate surface area is 111 Å². The third-order valence-corrected chi connectivity index (χ3v) is 2.73. The number of carbonyl (C=O) groups excluding carboxylic acids is 1. The average molecular weight is 257 g/mol. The second-order valence-electron chi connectivity index (χ2n) is 3.92. The number of fused-ring (bicyclic) bond motifs is 1. The lowest BCUT2D eigenvalue weighted by Gasteiger charge is -2.09. The lowest BCUT2D eigenvalue weighted by molar-refractivity contribution is 0.0522. The molecule has 0 N–H and O–H groups in total. The molecule has 0 atom stereocenters. The van der Waals surface area contributed by atoms with E-state index >= 15 is 0 Å². The summed E-state index contributed by atoms with van der Waals surface area (Å²) in [5.41, 5.74) is 2.05. The molecule has 1 aromatic carbocycles. The van der Waals surface area contributed by atoms with Gasteiger partial charge in [-0.1, -0.05) is 24.8 Å². The van der Waals surface area contributed by atoms with Crippen LogP contribution >= 0.6 is 0 Å². The maximum absolute atomic E-state index is 11.8. The van der Waals surface area contributed by atoms with Crippen molar-refractivity contribution in [1.29, 1.82) is 0 Å². The zero-order chi connectivity index (χ0) is 13.8. The summed E-state index contributed by atoms with van der Waals surface area (Å²) in [6, 6.07) is 7.42. The number of esters is 1. The fraction of sp³-hybridized carbons (Fsp3) is 0.200. The summed E-state index contributed by atoms with van der Waals surface area (Å²) >= 11 is 0. The molecule has 1 aromatic heterocycles. The fourth-order valence-electron chi connectivity index (χ4n) is 1.80. The third-order valence-electron chi connectivity index (χ3n) is 2.73. The van der Waals surface area contributed by atoms with E-state index in [2.05, 4.69) is 11.6 Å². The number of aromatic nitrogens is 1. The van der Waals surface area contributed by atoms with Crippen LogP contribution in [0, 0.1) is 0 Å². The highest BCUT2D eigenvalue weighted by Gasteiger charge is 2.16. The Morgan fingerprint density at radius 2 is 2.21 bits per heavy atom. The molecule has 98 valence electrons. The van der Waals surface area contributed by atoms with Gasteiger partial charge in [-0.25, -0.2) is 9.78 Å². The molecule has 2 rings (SSSR count). The van der Waals surface area contributed by atoms with Crippen LogP contribution in [0.25, 0.3) is 17.0 Å². The van der Waals surface area contributed by atoms with Crippen LogP contribution in [0.5, 0.6) is 5.88 Å². The Bertz CT molecular complexity index is 635. The SMILES string of the molecule is C=Cc1ccc2cc(C(=O)OCC)c(OC)nc2c1. The molecule has 2 aromatic rings. The minimum absolute atomic E-state index is 0.271. The van der Waals surface area contributed by atoms with Crippen LogP contribution in [0.15, 0.2) is 30.8 Å². The van der Waals surface area contributed by atoms with Gasteiger partial charge in [-0.15, -0.1) is 0 Å². The van der Waals surface area contributed by atoms with Crippen molar-refractivity contribution in [1.82, 2.24) is 4.98 Å². The number of methoxy groups -OCH3 is 1. The van der Waals surface area contributed by atoms with E-state index in [1.54, 1.807) is 19.1 Å². The Hall–Kier alpha value is -2.36. The molecular formula is C15H15NO3. The lowest BCUT2D eigenvalue weighted by Crippen LogP contribution is -2.08. The second kappa shape index (κ2) is 5.52. The van der Waals surface area contributed by atoms with Crippen molar-refractivity contribution in [2.24, 2.45) is 0 Å². The summed E-state index contributed by atoms with van der Waals surface area (Å²) in [6.45, 7) is 5.79. The van der Waals surface area contributed by atoms with Crippen molar-refractivity contribution in [3.05, 3.63) is 42.0 Å². The van der Waals surface area contributed by atoms with Gasteiger partial charge in [-0.2, -0.15) is 0 Å². The van der Waals surface area contributed by atoms with Crippen molar-refractivity contribution in [3.63, 3.8) is 0 Å². The van der Waals surface area contributed by atoms with Gasteiger partial charge in [0.2, 0.25) is 5.88 Å². The smallest absolute Gasteiger partial charge is 0.343 e. The summed E-state index contributed by atoms with van der Waals surface area (Å²) in [7, 11) is 1.48. The normalized spacial score (nSPS) is 10.2. The van der Waals surface area contributed by atoms with Gasteiger partial charge in [-0.05, 0) is 24.6 Å². The number of hydrogen-bond acceptors (Lipinski definition) is 4. The van der Waals surface area contributed by atoms with Crippen LogP contribution in [0.3, 0.4) is 0 Å². The molecule has 19 heavy (non-hydrogen) atoms. The summed E-state index contributed by atoms with van der Waals surface area (Å²) in [5, 5.41) is 0.856. The predicted octanol–water partition coefficient (Wildman–Crippen LogP) is 3.06. The van der Waals surface area contributed by atoms with Gasteiger partial charge in [0.15, 0.2) is 0 Å². The number of ether oxygens (including phenoxy) is 2. The number of benzene rings is 1. The van der Waals surface area contributed by atoms with Gasteiger partial charge in [0.1, 0.15) is 5.56 Å². The molecule has 0 aliphatic carbocycles. The first-order valence-corrected chi connectivity index (χ1v) is 5.98. The van der Waals surface area contributed by atoms with Crippen LogP contribution in [0.2, 0.25) is 0 Å². The highest BCUT2D eigenvalue weighted by atomic mass is 16.5. The van der Waals surface area contributed by atoms with Crippen LogP contribution < -0.4 is 4.74 Å². The fourth-order valence-corrected chi connectivity index (χ4v) is 1.80. The Balaban J connectivity index is 2.59. The highest BCUT2D eigenvalue weighted by Crippen LogP contribution is 2.24. The number of pyridine rings is 1. The van der Waals surface area contributed by atoms with E-state index < -0.39 is 5.97 Å². The quantitative estimate of drug-likeness (QED) is 0.790. The van der Waals surface area contributed by atoms with E-state index in [-0.39, 0.29) is 5.88 Å². The van der Waals surface area contributed by atoms with E-state index in [1.165, 1.54) is 7.11 Å². The molecule has 1 heterocycles. The Morgan fingerprint density at radius 1 is 1.42 bits per heavy atom. The topological polar surface area (TPSA) is 48.4 Å². The summed E-state index contributed by atoms with van der Waals surface area (Å²) in [4.78, 5) is 16.2. The molecule has 4 nitrogen and oxygen atoms in total. The van der Waals surface area contributed by atoms with Crippen LogP contribution in [-0.4, -0.2) is 24.7 Å². The van der Waals surface area contributed by atoms with Crippen LogP contribution in [-0.2, 0) is 4.74 Å². The summed E-state index contributed by atoms with van der Waals surface area (Å²) in [6.07, 6.45) is 1.74. The predicted molar refractivity (Wildman–Crippen MR) is 74.3 cm³/mol. The zero-order valence-corrected chi connectivity index (χ0v) is 11.0. The molecule has 4 heteroatoms. The summed E-state index contributed by atoms with van der Waals surface area (Å²) < 4.78 is 10.1. The van der Waals surface area contributed by atoms with Crippen molar-refractivity contribution in [2.75, 3.05) is 13.7 Å². The number of hydrogen-bond donors (Lipinski definition) is 0. The van der Waals surface area contributed by atoms with Gasteiger partial charge in [0.05, 0.1) is 19.2 Å². The van der Waals surface area contributed by atoms with E-state index in [0.717, 1.165) is 16.5 Å². The minimum atomic E-state index is -0.429. The van der Waals surface area contributed by atoms with Gasteiger partial charge in [-0.3, -0.25) is 0 Å². The molecule has 0 spiro atoms. The highest BCUT2D eigenvalue weighted by molar-refractivity contribution is 5.96. The van der Waals surface area contributed by atoms with Crippen LogP contribution in [0.1, 0.15) is 22.8 Å². The molecule has 0 radical (unpaired) electrons. The second-order valence-corrected chi connectivity index (χ2v) is 3.92. The standard InChI is InChI=1S/C15H15NO3/c1-4-10-6-7-11-9-12(15(17)19-5-2)14(18-3)16-13(11)8-10/h4,6-9H,1,5H2,2-3H3. The minimum Gasteiger partial charge on any atom is -0.480 e. The molecular weight excluding hydrogens is 242 g/mol. The molecule has 0 aliphatic heterocycles. The molecule has 0 fully saturated rings. The first-order chi connectivity index (χ1) is 9.19. The van der Waals surface area contributed by atoms with E-state index in [4.69, 9.17) is 9.47 Å². The van der Waals surface area contributed by atoms with Crippen molar-refractivity contribution in [2.45, 2.75) is 6.92 Å². The molecule has 0 amide bonds. The van der Waals surface area contributed by atoms with Crippen molar-refractivity contribution < 1.29 is 14.3 Å². The Kier molecular flexibility index (Phi) is 3.80. The van der Waals surface area contributed by atoms with Gasteiger partial charge in [0, 0.05) is 5.39 Å². The van der Waals surface area contributed by atoms with Gasteiger partial charge in [0.25, 0.3) is 0 Å². The maximum atomic E-state index is 11.8. The number of rotatable bonds is 4. The molecule has 0 bridgehead atoms. The van der Waals surface area contributed by atoms with Crippen LogP contribution in [0.4, 0.5) is 0 Å². The largest absolute Gasteiger partial charge is 0.480 e. The molecule has 0 unspecified atom stereocenters. The first-order valence-electron chi connectivity index (χ1n) is 5.98. The van der Waals surface area contributed by atoms with Crippen molar-refractivity contribution in [3.8, 4) is 5.88 Å². The monoisotopic (exact) mass is 257 g/mol. The zero-order valence-electron chi connectivity index (χ0n) is 11.0. The number of nitrogens with zero attached hydrogens (tertiary/aromatic N) is 1. The van der Waals surface area contributed by atoms with E-state index in [1.807, 2.05) is 18.2 Å². The Morgan fingerprint density at radius 3 is 2.84 bits per heavy atom. The van der Waals surface area contributed by atoms with E-state index in [0.29, 0.717) is 12.2 Å². The van der Waals surface area contributed by atoms with Gasteiger partial charge >= 0.3 is 5.97 Å². The van der Waals surface area contributed by atoms with Crippen molar-refractivity contribution >= 4 is 22.9 Å². The maximum Gasteiger partial charge on any atom is 0.343 e. The third kappa shape index (κ3) is 2.57. The van der Waals surface area contributed by atoms with Gasteiger partial charge < -0.3 is 9.47 Å². The van der Waals surface area contributed by atoms with E-state index in [9.17, 15) is 4.79 Å². The lowest BCUT2D eigenvalue weighted by atomic mass is 10.1. The summed E-state index contributed by atoms with van der Waals surface area (Å²) in [5.74, 6) is -0.159. The molecule has 0 saturated heterocycles. The first kappa shape index (κ1) is 13.1. The molecule has 0 aliphatic rings. The number of carbonyl (C=O) groups is 1. The average Bonchev–Trinajstić information content (AvgIpc) is 2.45. The molecule has 0 saturated carbocycles.